The molecule has 0 radical (unpaired) electrons. The number of amides is 2. The lowest BCUT2D eigenvalue weighted by atomic mass is 10.0. The van der Waals surface area contributed by atoms with E-state index in [1.54, 1.807) is 23.0 Å². The minimum absolute atomic E-state index is 0.369. The molecule has 0 aliphatic carbocycles. The van der Waals surface area contributed by atoms with E-state index >= 15 is 0 Å². The Labute approximate surface area is 208 Å². The summed E-state index contributed by atoms with van der Waals surface area (Å²) >= 11 is 11.7. The average molecular weight is 506 g/mol. The Hall–Kier alpha value is -2.91. The normalized spacial score (nSPS) is 12.1. The lowest BCUT2D eigenvalue weighted by Crippen LogP contribution is -2.44. The molecule has 0 saturated heterocycles. The SMILES string of the molecule is CCn1nccc1C(=O)NC(CCCC(Cl)Cl)C(=O)Nc1ccc(-c2c(C)n[nH]c2C)c(C)n1. The maximum absolute atomic E-state index is 13.1. The molecule has 3 rings (SSSR count). The number of halogens is 2. The van der Waals surface area contributed by atoms with Crippen molar-refractivity contribution in [2.45, 2.75) is 64.4 Å². The van der Waals surface area contributed by atoms with Gasteiger partial charge in [-0.25, -0.2) is 4.98 Å². The number of anilines is 1. The van der Waals surface area contributed by atoms with Crippen LogP contribution in [0.2, 0.25) is 0 Å². The summed E-state index contributed by atoms with van der Waals surface area (Å²) in [4.78, 5) is 29.9. The van der Waals surface area contributed by atoms with E-state index in [0.29, 0.717) is 37.3 Å². The number of nitrogens with one attached hydrogen (secondary N) is 3. The molecule has 182 valence electrons. The molecule has 0 aromatic carbocycles. The topological polar surface area (TPSA) is 118 Å². The van der Waals surface area contributed by atoms with Crippen molar-refractivity contribution in [1.29, 1.82) is 0 Å². The standard InChI is InChI=1S/C23H29Cl2N7O2/c1-5-32-18(11-12-26-32)23(34)28-17(7-6-8-19(24)25)22(33)29-20-10-9-16(13(2)27-20)21-14(3)30-31-15(21)4/h9-12,17,19H,5-8H2,1-4H3,(H,28,34)(H,30,31)(H,27,29,33). The molecule has 0 aliphatic heterocycles. The van der Waals surface area contributed by atoms with Gasteiger partial charge < -0.3 is 10.6 Å². The molecule has 1 atom stereocenters. The van der Waals surface area contributed by atoms with Gasteiger partial charge in [0.15, 0.2) is 0 Å². The van der Waals surface area contributed by atoms with E-state index in [1.807, 2.05) is 33.8 Å². The van der Waals surface area contributed by atoms with E-state index in [4.69, 9.17) is 23.2 Å². The maximum atomic E-state index is 13.1. The predicted octanol–water partition coefficient (Wildman–Crippen LogP) is 4.32. The molecule has 0 saturated carbocycles. The number of aromatic nitrogens is 5. The summed E-state index contributed by atoms with van der Waals surface area (Å²) in [6, 6.07) is 4.47. The molecular weight excluding hydrogens is 477 g/mol. The highest BCUT2D eigenvalue weighted by Crippen LogP contribution is 2.28. The van der Waals surface area contributed by atoms with Crippen LogP contribution >= 0.6 is 23.2 Å². The molecule has 3 heterocycles. The number of hydrogen-bond acceptors (Lipinski definition) is 5. The molecule has 0 aliphatic rings. The fourth-order valence-corrected chi connectivity index (χ4v) is 4.12. The summed E-state index contributed by atoms with van der Waals surface area (Å²) in [5, 5.41) is 17.0. The number of pyridine rings is 1. The third-order valence-corrected chi connectivity index (χ3v) is 5.96. The minimum atomic E-state index is -0.792. The summed E-state index contributed by atoms with van der Waals surface area (Å²) in [6.45, 7) is 8.19. The molecule has 3 aromatic rings. The Bertz CT molecular complexity index is 1140. The second-order valence-corrected chi connectivity index (χ2v) is 9.29. The molecule has 0 spiro atoms. The Kier molecular flexibility index (Phi) is 8.68. The van der Waals surface area contributed by atoms with Crippen LogP contribution in [0.25, 0.3) is 11.1 Å². The van der Waals surface area contributed by atoms with Gasteiger partial charge in [0.1, 0.15) is 22.4 Å². The zero-order chi connectivity index (χ0) is 24.8. The number of alkyl halides is 2. The number of carbonyl (C=O) groups excluding carboxylic acids is 2. The predicted molar refractivity (Wildman–Crippen MR) is 133 cm³/mol. The number of aromatic amines is 1. The highest BCUT2D eigenvalue weighted by molar-refractivity contribution is 6.44. The van der Waals surface area contributed by atoms with Crippen LogP contribution in [0.1, 0.15) is 53.8 Å². The molecule has 0 bridgehead atoms. The van der Waals surface area contributed by atoms with Crippen LogP contribution < -0.4 is 10.6 Å². The van der Waals surface area contributed by atoms with E-state index < -0.39 is 10.9 Å². The molecule has 1 unspecified atom stereocenters. The summed E-state index contributed by atoms with van der Waals surface area (Å²) < 4.78 is 1.57. The van der Waals surface area contributed by atoms with Crippen LogP contribution in [0.15, 0.2) is 24.4 Å². The van der Waals surface area contributed by atoms with E-state index in [2.05, 4.69) is 30.9 Å². The van der Waals surface area contributed by atoms with Crippen LogP contribution in [-0.2, 0) is 11.3 Å². The number of hydrogen-bond donors (Lipinski definition) is 3. The number of rotatable bonds is 10. The van der Waals surface area contributed by atoms with Crippen molar-refractivity contribution in [2.24, 2.45) is 0 Å². The van der Waals surface area contributed by atoms with Gasteiger partial charge in [0.05, 0.1) is 5.69 Å². The average Bonchev–Trinajstić information content (AvgIpc) is 3.39. The van der Waals surface area contributed by atoms with Crippen molar-refractivity contribution < 1.29 is 9.59 Å². The second kappa shape index (κ2) is 11.5. The molecule has 3 N–H and O–H groups in total. The second-order valence-electron chi connectivity index (χ2n) is 8.01. The molecule has 0 fully saturated rings. The van der Waals surface area contributed by atoms with Crippen LogP contribution in [0.4, 0.5) is 5.82 Å². The summed E-state index contributed by atoms with van der Waals surface area (Å²) in [6.07, 6.45) is 2.99. The Morgan fingerprint density at radius 2 is 1.88 bits per heavy atom. The first-order valence-electron chi connectivity index (χ1n) is 11.1. The highest BCUT2D eigenvalue weighted by Gasteiger charge is 2.24. The fourth-order valence-electron chi connectivity index (χ4n) is 3.81. The van der Waals surface area contributed by atoms with E-state index in [1.165, 1.54) is 0 Å². The van der Waals surface area contributed by atoms with Crippen molar-refractivity contribution in [3.05, 3.63) is 47.2 Å². The van der Waals surface area contributed by atoms with Crippen molar-refractivity contribution in [3.63, 3.8) is 0 Å². The smallest absolute Gasteiger partial charge is 0.270 e. The van der Waals surface area contributed by atoms with Gasteiger partial charge in [-0.05, 0) is 65.2 Å². The third-order valence-electron chi connectivity index (χ3n) is 5.52. The number of aryl methyl sites for hydroxylation is 4. The quantitative estimate of drug-likeness (QED) is 0.354. The van der Waals surface area contributed by atoms with Crippen LogP contribution in [0.3, 0.4) is 0 Å². The molecule has 11 heteroatoms. The summed E-state index contributed by atoms with van der Waals surface area (Å²) in [7, 11) is 0. The van der Waals surface area contributed by atoms with Crippen LogP contribution in [0.5, 0.6) is 0 Å². The summed E-state index contributed by atoms with van der Waals surface area (Å²) in [5.74, 6) is -0.347. The van der Waals surface area contributed by atoms with Crippen molar-refractivity contribution in [1.82, 2.24) is 30.3 Å². The molecule has 2 amide bonds. The Morgan fingerprint density at radius 1 is 1.12 bits per heavy atom. The van der Waals surface area contributed by atoms with Crippen molar-refractivity contribution in [3.8, 4) is 11.1 Å². The van der Waals surface area contributed by atoms with Crippen molar-refractivity contribution in [2.75, 3.05) is 5.32 Å². The first kappa shape index (κ1) is 25.7. The first-order valence-corrected chi connectivity index (χ1v) is 12.0. The van der Waals surface area contributed by atoms with Gasteiger partial charge in [0.25, 0.3) is 5.91 Å². The maximum Gasteiger partial charge on any atom is 0.270 e. The van der Waals surface area contributed by atoms with Crippen LogP contribution in [-0.4, -0.2) is 47.7 Å². The minimum Gasteiger partial charge on any atom is -0.339 e. The molecular formula is C23H29Cl2N7O2. The lowest BCUT2D eigenvalue weighted by Gasteiger charge is -2.19. The van der Waals surface area contributed by atoms with Gasteiger partial charge >= 0.3 is 0 Å². The number of carbonyl (C=O) groups is 2. The zero-order valence-electron chi connectivity index (χ0n) is 19.7. The largest absolute Gasteiger partial charge is 0.339 e. The van der Waals surface area contributed by atoms with Crippen molar-refractivity contribution >= 4 is 40.8 Å². The van der Waals surface area contributed by atoms with E-state index in [0.717, 1.165) is 28.2 Å². The zero-order valence-corrected chi connectivity index (χ0v) is 21.2. The summed E-state index contributed by atoms with van der Waals surface area (Å²) in [5.41, 5.74) is 4.91. The van der Waals surface area contributed by atoms with Gasteiger partial charge in [-0.15, -0.1) is 23.2 Å². The fraction of sp³-hybridized carbons (Fsp3) is 0.435. The third kappa shape index (κ3) is 6.15. The van der Waals surface area contributed by atoms with Gasteiger partial charge in [-0.3, -0.25) is 19.4 Å². The van der Waals surface area contributed by atoms with Gasteiger partial charge in [-0.2, -0.15) is 10.2 Å². The Morgan fingerprint density at radius 3 is 2.50 bits per heavy atom. The van der Waals surface area contributed by atoms with Crippen LogP contribution in [0, 0.1) is 20.8 Å². The number of nitrogens with zero attached hydrogens (tertiary/aromatic N) is 4. The first-order chi connectivity index (χ1) is 16.2. The molecule has 3 aromatic heterocycles. The Balaban J connectivity index is 1.76. The van der Waals surface area contributed by atoms with E-state index in [-0.39, 0.29) is 11.8 Å². The monoisotopic (exact) mass is 505 g/mol. The molecule has 34 heavy (non-hydrogen) atoms. The van der Waals surface area contributed by atoms with E-state index in [9.17, 15) is 9.59 Å². The number of H-pyrrole nitrogens is 1. The lowest BCUT2D eigenvalue weighted by molar-refractivity contribution is -0.118. The highest BCUT2D eigenvalue weighted by atomic mass is 35.5. The van der Waals surface area contributed by atoms with Gasteiger partial charge in [0.2, 0.25) is 5.91 Å². The molecule has 9 nitrogen and oxygen atoms in total. The van der Waals surface area contributed by atoms with Gasteiger partial charge in [0, 0.05) is 35.3 Å². The van der Waals surface area contributed by atoms with Gasteiger partial charge in [-0.1, -0.05) is 0 Å².